The molecule has 1 aliphatic rings. The molecule has 84 heavy (non-hydrogen) atoms. The fourth-order valence-corrected chi connectivity index (χ4v) is 3.11. The lowest BCUT2D eigenvalue weighted by molar-refractivity contribution is -0.0251. The lowest BCUT2D eigenvalue weighted by Gasteiger charge is -2.12. The van der Waals surface area contributed by atoms with Crippen molar-refractivity contribution >= 4 is 0 Å². The summed E-state index contributed by atoms with van der Waals surface area (Å²) in [7, 11) is 0. The minimum absolute atomic E-state index is 0. The highest BCUT2D eigenvalue weighted by atomic mass is 19.3. The van der Waals surface area contributed by atoms with Gasteiger partial charge in [-0.2, -0.15) is 0 Å². The average molecular weight is 1220 g/mol. The first kappa shape index (κ1) is 110. The maximum absolute atomic E-state index is 11.8. The Morgan fingerprint density at radius 3 is 0.762 bits per heavy atom. The maximum atomic E-state index is 11.8. The average Bonchev–Trinajstić information content (AvgIpc) is 4.21. The second-order valence-corrected chi connectivity index (χ2v) is 28.6. The minimum atomic E-state index is -2.50. The summed E-state index contributed by atoms with van der Waals surface area (Å²) in [5.41, 5.74) is 0. The molecule has 1 saturated carbocycles. The molecule has 1 unspecified atom stereocenters. The summed E-state index contributed by atoms with van der Waals surface area (Å²) in [5.74, 6) is 7.54. The first-order valence-corrected chi connectivity index (χ1v) is 34.3. The molecule has 0 radical (unpaired) electrons. The van der Waals surface area contributed by atoms with Crippen LogP contribution in [0.1, 0.15) is 365 Å². The quantitative estimate of drug-likeness (QED) is 0.0948. The van der Waals surface area contributed by atoms with Crippen molar-refractivity contribution in [3.05, 3.63) is 50.1 Å². The molecule has 0 bridgehead atoms. The van der Waals surface area contributed by atoms with Gasteiger partial charge in [0.25, 0.3) is 0 Å². The molecule has 4 heteroatoms. The Morgan fingerprint density at radius 1 is 0.488 bits per heavy atom. The van der Waals surface area contributed by atoms with E-state index >= 15 is 0 Å². The topological polar surface area (TPSA) is 0 Å². The molecule has 0 amide bonds. The Bertz CT molecular complexity index is 1070. The minimum Gasteiger partial charge on any atom is -0.251 e. The van der Waals surface area contributed by atoms with E-state index in [0.29, 0.717) is 5.92 Å². The van der Waals surface area contributed by atoms with E-state index in [0.717, 1.165) is 84.9 Å². The molecule has 0 aromatic carbocycles. The smallest absolute Gasteiger partial charge is 0.247 e. The van der Waals surface area contributed by atoms with Gasteiger partial charge in [0.05, 0.1) is 12.8 Å². The van der Waals surface area contributed by atoms with Crippen molar-refractivity contribution in [1.82, 2.24) is 0 Å². The molecule has 526 valence electrons. The molecule has 1 atom stereocenters. The largest absolute Gasteiger partial charge is 0.251 e. The van der Waals surface area contributed by atoms with Gasteiger partial charge in [0.2, 0.25) is 5.92 Å². The van der Waals surface area contributed by atoms with Crippen molar-refractivity contribution in [3.8, 4) is 0 Å². The predicted molar refractivity (Wildman–Crippen MR) is 400 cm³/mol. The van der Waals surface area contributed by atoms with Crippen molar-refractivity contribution in [3.63, 3.8) is 0 Å². The van der Waals surface area contributed by atoms with E-state index in [1.165, 1.54) is 78.1 Å². The summed E-state index contributed by atoms with van der Waals surface area (Å²) in [6.45, 7) is 89.0. The standard InChI is InChI=1S/2C7H14.C6H12.2C6H14.C6H12.C5H10F2.C5H11F.2C5H12.C5H10.C4H9F.3C4H10.CH4/c2*1-4-5-6-7(2)3;1-5(2)6-3-4-6;3*1-4-5-6(2)3;1-4(2)5(3,6)7;1-4(2)5(3)6;3*1-4-5(2)3;1-4(2)3-5;3*1-4(2)3;/h4-5,7H,6H2,1-3H3;4,7H,1,5-6H2,2-3H3;5-6H,3-4H2,1-2H3;2*6H,4-5H2,1-3H3;4,6H,1,5H2,2-3H3;4H,1-3H3;4-5H,1-3H3;2*5H,4H2,1-3H3;4-5H,1H2,2-3H3;4H,3H2,1-2H3;3*4H,1-3H3;1H4/i;;;;;;;;;;;;1D3;;;. The molecule has 0 aromatic rings. The van der Waals surface area contributed by atoms with Gasteiger partial charge in [0.1, 0.15) is 0 Å². The first-order valence-electron chi connectivity index (χ1n) is 35.8. The molecular formula is C80H178F4. The van der Waals surface area contributed by atoms with E-state index in [9.17, 15) is 17.6 Å². The Kier molecular flexibility index (Phi) is 129. The molecule has 0 aromatic heterocycles. The van der Waals surface area contributed by atoms with Crippen molar-refractivity contribution in [2.75, 3.05) is 6.67 Å². The van der Waals surface area contributed by atoms with Gasteiger partial charge in [0.15, 0.2) is 0 Å². The highest BCUT2D eigenvalue weighted by molar-refractivity contribution is 4.77. The van der Waals surface area contributed by atoms with Crippen LogP contribution in [-0.2, 0) is 0 Å². The third kappa shape index (κ3) is 310. The third-order valence-electron chi connectivity index (χ3n) is 10.1. The van der Waals surface area contributed by atoms with Crippen LogP contribution in [-0.4, -0.2) is 18.8 Å². The lowest BCUT2D eigenvalue weighted by Crippen LogP contribution is -2.17. The molecular weight excluding hydrogens is 1040 g/mol. The van der Waals surface area contributed by atoms with Crippen LogP contribution in [0.15, 0.2) is 50.1 Å². The van der Waals surface area contributed by atoms with Crippen LogP contribution >= 0.6 is 0 Å². The Balaban J connectivity index is -0.0000000492. The Morgan fingerprint density at radius 2 is 0.738 bits per heavy atom. The molecule has 0 aliphatic heterocycles. The number of halogens is 4. The Hall–Kier alpha value is -1.32. The Labute approximate surface area is 544 Å². The fraction of sp³-hybridized carbons (Fsp3) is 0.900. The summed E-state index contributed by atoms with van der Waals surface area (Å²) in [6.07, 6.45) is 25.3. The zero-order chi connectivity index (χ0) is 72.5. The zero-order valence-corrected chi connectivity index (χ0v) is 65.5. The van der Waals surface area contributed by atoms with E-state index < -0.39 is 24.9 Å². The van der Waals surface area contributed by atoms with Crippen LogP contribution in [0.5, 0.6) is 0 Å². The van der Waals surface area contributed by atoms with Gasteiger partial charge in [-0.3, -0.25) is 4.39 Å². The second kappa shape index (κ2) is 97.9. The van der Waals surface area contributed by atoms with Crippen LogP contribution < -0.4 is 0 Å². The van der Waals surface area contributed by atoms with E-state index in [1.807, 2.05) is 45.9 Å². The number of allylic oxidation sites excluding steroid dienone is 5. The van der Waals surface area contributed by atoms with Gasteiger partial charge >= 0.3 is 0 Å². The van der Waals surface area contributed by atoms with Crippen molar-refractivity contribution in [2.45, 2.75) is 373 Å². The summed E-state index contributed by atoms with van der Waals surface area (Å²) in [6, 6.07) is 0. The summed E-state index contributed by atoms with van der Waals surface area (Å²) < 4.78 is 66.8. The maximum Gasteiger partial charge on any atom is 0.247 e. The van der Waals surface area contributed by atoms with Crippen LogP contribution in [0, 0.1) is 94.7 Å². The molecule has 1 fully saturated rings. The van der Waals surface area contributed by atoms with Gasteiger partial charge in [-0.25, -0.2) is 13.2 Å². The molecule has 0 spiro atoms. The predicted octanol–water partition coefficient (Wildman–Crippen LogP) is 31.8. The second-order valence-electron chi connectivity index (χ2n) is 28.6. The van der Waals surface area contributed by atoms with Gasteiger partial charge in [-0.1, -0.05) is 332 Å². The molecule has 0 saturated heterocycles. The van der Waals surface area contributed by atoms with E-state index in [2.05, 4.69) is 233 Å². The SMILES string of the molecule is C.C=CC(C)C.C=CCC(C)C.C=CCCC(C)C.CC(C)C.CC(C)C.CC(C)C(C)(F)F.CC(C)C(C)F.CC(C)C1CC1.CC(C)CF.CC=CCC(C)C.CCC(C)C.CCC(C)C.CCCC(C)C.CCCC(C)C.[2H]C([2H])([2H])C(C)C. The molecule has 1 aliphatic carbocycles. The number of hydrogen-bond acceptors (Lipinski definition) is 0. The fourth-order valence-electron chi connectivity index (χ4n) is 3.11. The lowest BCUT2D eigenvalue weighted by atomic mass is 10.1. The highest BCUT2D eigenvalue weighted by Gasteiger charge is 2.25. The number of rotatable bonds is 18. The summed E-state index contributed by atoms with van der Waals surface area (Å²) >= 11 is 0. The van der Waals surface area contributed by atoms with Gasteiger partial charge in [0, 0.05) is 10.0 Å². The monoisotopic (exact) mass is 1220 g/mol. The number of alkyl halides is 4. The normalized spacial score (nSPS) is 11.8. The van der Waals surface area contributed by atoms with Crippen LogP contribution in [0.25, 0.3) is 0 Å². The molecule has 0 nitrogen and oxygen atoms in total. The van der Waals surface area contributed by atoms with Crippen molar-refractivity contribution < 1.29 is 21.7 Å². The van der Waals surface area contributed by atoms with Gasteiger partial charge < -0.3 is 0 Å². The first-order chi connectivity index (χ1) is 38.7. The zero-order valence-electron chi connectivity index (χ0n) is 68.5. The highest BCUT2D eigenvalue weighted by Crippen LogP contribution is 2.35. The van der Waals surface area contributed by atoms with Crippen LogP contribution in [0.3, 0.4) is 0 Å². The summed E-state index contributed by atoms with van der Waals surface area (Å²) in [5, 5.41) is 0. The van der Waals surface area contributed by atoms with Crippen LogP contribution in [0.4, 0.5) is 17.6 Å². The van der Waals surface area contributed by atoms with E-state index in [1.54, 1.807) is 20.8 Å². The van der Waals surface area contributed by atoms with Crippen LogP contribution in [0.2, 0.25) is 0 Å². The molecule has 0 heterocycles. The van der Waals surface area contributed by atoms with E-state index in [-0.39, 0.29) is 31.9 Å². The van der Waals surface area contributed by atoms with Gasteiger partial charge in [-0.15, -0.1) is 19.7 Å². The molecule has 1 rings (SSSR count). The van der Waals surface area contributed by atoms with E-state index in [4.69, 9.17) is 4.11 Å². The summed E-state index contributed by atoms with van der Waals surface area (Å²) in [4.78, 5) is 0. The van der Waals surface area contributed by atoms with Gasteiger partial charge in [-0.05, 0) is 148 Å². The third-order valence-corrected chi connectivity index (χ3v) is 10.1. The molecule has 0 N–H and O–H groups in total. The number of hydrogen-bond donors (Lipinski definition) is 0. The van der Waals surface area contributed by atoms with Crippen molar-refractivity contribution in [1.29, 1.82) is 0 Å². The van der Waals surface area contributed by atoms with Crippen molar-refractivity contribution in [2.24, 2.45) is 94.7 Å².